The van der Waals surface area contributed by atoms with Crippen molar-refractivity contribution in [2.24, 2.45) is 5.73 Å². The molecule has 3 rings (SSSR count). The lowest BCUT2D eigenvalue weighted by Gasteiger charge is -2.40. The zero-order chi connectivity index (χ0) is 14.8. The first-order valence-corrected chi connectivity index (χ1v) is 7.84. The average molecular weight is 288 g/mol. The highest BCUT2D eigenvalue weighted by atomic mass is 16.1. The summed E-state index contributed by atoms with van der Waals surface area (Å²) < 4.78 is 0. The number of nitrogen functional groups attached to an aromatic ring is 1. The van der Waals surface area contributed by atoms with Crippen LogP contribution in [-0.4, -0.2) is 43.0 Å². The van der Waals surface area contributed by atoms with E-state index in [4.69, 9.17) is 11.5 Å². The SMILES string of the molecule is NC(=O)c1cccc(N)c1N1CCN(C2CCCC2)CC1. The van der Waals surface area contributed by atoms with Gasteiger partial charge in [0.25, 0.3) is 5.91 Å². The molecule has 114 valence electrons. The largest absolute Gasteiger partial charge is 0.397 e. The zero-order valence-corrected chi connectivity index (χ0v) is 12.4. The molecule has 2 fully saturated rings. The summed E-state index contributed by atoms with van der Waals surface area (Å²) in [5.41, 5.74) is 13.6. The van der Waals surface area contributed by atoms with Crippen molar-refractivity contribution in [3.63, 3.8) is 0 Å². The Morgan fingerprint density at radius 3 is 2.38 bits per heavy atom. The van der Waals surface area contributed by atoms with Gasteiger partial charge in [-0.05, 0) is 25.0 Å². The van der Waals surface area contributed by atoms with Crippen LogP contribution in [0, 0.1) is 0 Å². The van der Waals surface area contributed by atoms with E-state index >= 15 is 0 Å². The lowest BCUT2D eigenvalue weighted by Crippen LogP contribution is -2.50. The number of rotatable bonds is 3. The smallest absolute Gasteiger partial charge is 0.250 e. The number of piperazine rings is 1. The molecule has 0 atom stereocenters. The van der Waals surface area contributed by atoms with Crippen LogP contribution in [0.15, 0.2) is 18.2 Å². The predicted molar refractivity (Wildman–Crippen MR) is 85.4 cm³/mol. The Balaban J connectivity index is 1.73. The van der Waals surface area contributed by atoms with E-state index in [1.807, 2.05) is 6.07 Å². The van der Waals surface area contributed by atoms with Crippen LogP contribution in [0.1, 0.15) is 36.0 Å². The van der Waals surface area contributed by atoms with Gasteiger partial charge in [0, 0.05) is 32.2 Å². The van der Waals surface area contributed by atoms with Crippen LogP contribution < -0.4 is 16.4 Å². The number of hydrogen-bond acceptors (Lipinski definition) is 4. The van der Waals surface area contributed by atoms with Crippen molar-refractivity contribution in [1.29, 1.82) is 0 Å². The number of benzene rings is 1. The van der Waals surface area contributed by atoms with Crippen molar-refractivity contribution in [2.45, 2.75) is 31.7 Å². The Morgan fingerprint density at radius 1 is 1.10 bits per heavy atom. The fourth-order valence-electron chi connectivity index (χ4n) is 3.69. The number of para-hydroxylation sites is 1. The van der Waals surface area contributed by atoms with Gasteiger partial charge >= 0.3 is 0 Å². The fourth-order valence-corrected chi connectivity index (χ4v) is 3.69. The van der Waals surface area contributed by atoms with Gasteiger partial charge in [0.1, 0.15) is 0 Å². The highest BCUT2D eigenvalue weighted by Gasteiger charge is 2.28. The minimum Gasteiger partial charge on any atom is -0.397 e. The van der Waals surface area contributed by atoms with Crippen molar-refractivity contribution in [3.05, 3.63) is 23.8 Å². The molecule has 0 radical (unpaired) electrons. The van der Waals surface area contributed by atoms with Gasteiger partial charge in [-0.15, -0.1) is 0 Å². The summed E-state index contributed by atoms with van der Waals surface area (Å²) in [4.78, 5) is 16.4. The van der Waals surface area contributed by atoms with E-state index in [-0.39, 0.29) is 0 Å². The van der Waals surface area contributed by atoms with E-state index in [1.54, 1.807) is 12.1 Å². The van der Waals surface area contributed by atoms with Gasteiger partial charge < -0.3 is 16.4 Å². The second kappa shape index (κ2) is 5.93. The normalized spacial score (nSPS) is 20.9. The van der Waals surface area contributed by atoms with Gasteiger partial charge in [-0.2, -0.15) is 0 Å². The fraction of sp³-hybridized carbons (Fsp3) is 0.562. The molecule has 5 nitrogen and oxygen atoms in total. The van der Waals surface area contributed by atoms with Gasteiger partial charge in [-0.25, -0.2) is 0 Å². The molecule has 1 amide bonds. The lowest BCUT2D eigenvalue weighted by molar-refractivity contribution is 0.100. The molecule has 1 saturated heterocycles. The number of nitrogens with two attached hydrogens (primary N) is 2. The van der Waals surface area contributed by atoms with Gasteiger partial charge in [-0.3, -0.25) is 9.69 Å². The third-order valence-electron chi connectivity index (χ3n) is 4.80. The molecule has 1 aromatic carbocycles. The highest BCUT2D eigenvalue weighted by Crippen LogP contribution is 2.30. The molecule has 1 heterocycles. The first-order chi connectivity index (χ1) is 10.2. The molecule has 1 aliphatic heterocycles. The number of nitrogens with zero attached hydrogens (tertiary/aromatic N) is 2. The maximum atomic E-state index is 11.6. The molecule has 1 aromatic rings. The summed E-state index contributed by atoms with van der Waals surface area (Å²) in [6, 6.07) is 6.15. The molecule has 2 aliphatic rings. The van der Waals surface area contributed by atoms with Crippen LogP contribution in [0.5, 0.6) is 0 Å². The van der Waals surface area contributed by atoms with Crippen molar-refractivity contribution < 1.29 is 4.79 Å². The van der Waals surface area contributed by atoms with E-state index < -0.39 is 5.91 Å². The number of amides is 1. The molecular weight excluding hydrogens is 264 g/mol. The molecule has 0 bridgehead atoms. The van der Waals surface area contributed by atoms with E-state index in [0.717, 1.165) is 37.9 Å². The summed E-state index contributed by atoms with van der Waals surface area (Å²) in [5.74, 6) is -0.407. The van der Waals surface area contributed by atoms with E-state index in [1.165, 1.54) is 25.7 Å². The summed E-state index contributed by atoms with van der Waals surface area (Å²) in [7, 11) is 0. The molecule has 0 aromatic heterocycles. The van der Waals surface area contributed by atoms with Gasteiger partial charge in [-0.1, -0.05) is 18.9 Å². The second-order valence-electron chi connectivity index (χ2n) is 6.07. The van der Waals surface area contributed by atoms with Crippen LogP contribution in [0.3, 0.4) is 0 Å². The average Bonchev–Trinajstić information content (AvgIpc) is 3.01. The molecule has 1 aliphatic carbocycles. The minimum absolute atomic E-state index is 0.407. The van der Waals surface area contributed by atoms with Crippen molar-refractivity contribution in [3.8, 4) is 0 Å². The molecule has 1 saturated carbocycles. The van der Waals surface area contributed by atoms with Crippen LogP contribution in [-0.2, 0) is 0 Å². The van der Waals surface area contributed by atoms with Gasteiger partial charge in [0.15, 0.2) is 0 Å². The molecule has 0 unspecified atom stereocenters. The standard InChI is InChI=1S/C16H24N4O/c17-14-7-3-6-13(16(18)21)15(14)20-10-8-19(9-11-20)12-4-1-2-5-12/h3,6-7,12H,1-2,4-5,8-11,17H2,(H2,18,21). The third-order valence-corrected chi connectivity index (χ3v) is 4.80. The Bertz CT molecular complexity index is 517. The van der Waals surface area contributed by atoms with Crippen molar-refractivity contribution in [1.82, 2.24) is 4.90 Å². The van der Waals surface area contributed by atoms with Crippen LogP contribution in [0.2, 0.25) is 0 Å². The molecule has 21 heavy (non-hydrogen) atoms. The lowest BCUT2D eigenvalue weighted by atomic mass is 10.1. The monoisotopic (exact) mass is 288 g/mol. The maximum Gasteiger partial charge on any atom is 0.250 e. The van der Waals surface area contributed by atoms with E-state index in [0.29, 0.717) is 11.3 Å². The second-order valence-corrected chi connectivity index (χ2v) is 6.07. The Labute approximate surface area is 125 Å². The highest BCUT2D eigenvalue weighted by molar-refractivity contribution is 6.01. The quantitative estimate of drug-likeness (QED) is 0.825. The minimum atomic E-state index is -0.407. The third kappa shape index (κ3) is 2.83. The van der Waals surface area contributed by atoms with E-state index in [2.05, 4.69) is 9.80 Å². The zero-order valence-electron chi connectivity index (χ0n) is 12.4. The van der Waals surface area contributed by atoms with Crippen LogP contribution >= 0.6 is 0 Å². The van der Waals surface area contributed by atoms with Crippen molar-refractivity contribution in [2.75, 3.05) is 36.8 Å². The summed E-state index contributed by atoms with van der Waals surface area (Å²) in [6.45, 7) is 3.89. The number of carbonyl (C=O) groups is 1. The topological polar surface area (TPSA) is 75.6 Å². The Kier molecular flexibility index (Phi) is 4.01. The first-order valence-electron chi connectivity index (χ1n) is 7.84. The molecule has 0 spiro atoms. The summed E-state index contributed by atoms with van der Waals surface area (Å²) in [6.07, 6.45) is 5.39. The summed E-state index contributed by atoms with van der Waals surface area (Å²) in [5, 5.41) is 0. The molecule has 5 heteroatoms. The van der Waals surface area contributed by atoms with Crippen LogP contribution in [0.4, 0.5) is 11.4 Å². The number of carbonyl (C=O) groups excluding carboxylic acids is 1. The summed E-state index contributed by atoms with van der Waals surface area (Å²) >= 11 is 0. The van der Waals surface area contributed by atoms with Gasteiger partial charge in [0.05, 0.1) is 16.9 Å². The Morgan fingerprint density at radius 2 is 1.76 bits per heavy atom. The number of primary amides is 1. The molecular formula is C16H24N4O. The van der Waals surface area contributed by atoms with Gasteiger partial charge in [0.2, 0.25) is 0 Å². The predicted octanol–water partition coefficient (Wildman–Crippen LogP) is 1.43. The molecule has 4 N–H and O–H groups in total. The number of anilines is 2. The first kappa shape index (κ1) is 14.2. The van der Waals surface area contributed by atoms with E-state index in [9.17, 15) is 4.79 Å². The van der Waals surface area contributed by atoms with Crippen LogP contribution in [0.25, 0.3) is 0 Å². The maximum absolute atomic E-state index is 11.6. The number of hydrogen-bond donors (Lipinski definition) is 2. The van der Waals surface area contributed by atoms with Crippen molar-refractivity contribution >= 4 is 17.3 Å². The Hall–Kier alpha value is -1.75.